The third kappa shape index (κ3) is 4.61. The summed E-state index contributed by atoms with van der Waals surface area (Å²) in [6.07, 6.45) is -3.65. The molecule has 0 aromatic heterocycles. The van der Waals surface area contributed by atoms with Crippen LogP contribution in [0.1, 0.15) is 6.42 Å². The molecular weight excluding hydrogens is 345 g/mol. The molecule has 1 heterocycles. The molecule has 0 atom stereocenters. The largest absolute Gasteiger partial charge is 0.573 e. The minimum Gasteiger partial charge on any atom is -0.405 e. The molecule has 1 aliphatic rings. The molecule has 0 saturated heterocycles. The van der Waals surface area contributed by atoms with Crippen LogP contribution >= 0.6 is 27.7 Å². The molecule has 1 aliphatic heterocycles. The number of alkyl halides is 3. The average molecular weight is 355 g/mol. The summed E-state index contributed by atoms with van der Waals surface area (Å²) in [6, 6.07) is 4.30. The van der Waals surface area contributed by atoms with Gasteiger partial charge in [-0.15, -0.1) is 13.2 Å². The molecule has 3 nitrogen and oxygen atoms in total. The SMILES string of the molecule is FC(F)(F)Oc1ccc(NC2=NCCCS2)cc1Br. The topological polar surface area (TPSA) is 33.6 Å². The van der Waals surface area contributed by atoms with E-state index in [1.807, 2.05) is 0 Å². The molecular formula is C11H10BrF3N2OS. The van der Waals surface area contributed by atoms with Crippen molar-refractivity contribution in [1.82, 2.24) is 0 Å². The minimum atomic E-state index is -4.69. The highest BCUT2D eigenvalue weighted by molar-refractivity contribution is 9.10. The summed E-state index contributed by atoms with van der Waals surface area (Å²) in [4.78, 5) is 4.28. The molecule has 0 bridgehead atoms. The highest BCUT2D eigenvalue weighted by Crippen LogP contribution is 2.32. The summed E-state index contributed by atoms with van der Waals surface area (Å²) in [7, 11) is 0. The highest BCUT2D eigenvalue weighted by Gasteiger charge is 2.31. The van der Waals surface area contributed by atoms with Crippen LogP contribution in [0.3, 0.4) is 0 Å². The van der Waals surface area contributed by atoms with Gasteiger partial charge in [0.2, 0.25) is 0 Å². The van der Waals surface area contributed by atoms with Crippen LogP contribution in [0.2, 0.25) is 0 Å². The second-order valence-corrected chi connectivity index (χ2v) is 5.64. The van der Waals surface area contributed by atoms with E-state index in [2.05, 4.69) is 31.0 Å². The van der Waals surface area contributed by atoms with Crippen molar-refractivity contribution >= 4 is 38.5 Å². The fourth-order valence-electron chi connectivity index (χ4n) is 1.44. The van der Waals surface area contributed by atoms with Crippen molar-refractivity contribution in [3.63, 3.8) is 0 Å². The van der Waals surface area contributed by atoms with Crippen molar-refractivity contribution in [3.05, 3.63) is 22.7 Å². The lowest BCUT2D eigenvalue weighted by molar-refractivity contribution is -0.274. The molecule has 0 unspecified atom stereocenters. The van der Waals surface area contributed by atoms with E-state index in [9.17, 15) is 13.2 Å². The van der Waals surface area contributed by atoms with E-state index in [4.69, 9.17) is 0 Å². The first-order chi connectivity index (χ1) is 8.94. The Bertz CT molecular complexity index is 493. The average Bonchev–Trinajstić information content (AvgIpc) is 2.33. The quantitative estimate of drug-likeness (QED) is 0.861. The molecule has 2 rings (SSSR count). The predicted molar refractivity (Wildman–Crippen MR) is 73.8 cm³/mol. The summed E-state index contributed by atoms with van der Waals surface area (Å²) in [5.41, 5.74) is 0.662. The second-order valence-electron chi connectivity index (χ2n) is 3.71. The van der Waals surface area contributed by atoms with Crippen molar-refractivity contribution in [2.45, 2.75) is 12.8 Å². The summed E-state index contributed by atoms with van der Waals surface area (Å²) >= 11 is 4.64. The maximum absolute atomic E-state index is 12.1. The van der Waals surface area contributed by atoms with Gasteiger partial charge >= 0.3 is 6.36 Å². The van der Waals surface area contributed by atoms with E-state index >= 15 is 0 Å². The standard InChI is InChI=1S/C11H10BrF3N2OS/c12-8-6-7(17-10-16-4-1-5-19-10)2-3-9(8)18-11(13,14)15/h2-3,6H,1,4-5H2,(H,16,17). The Kier molecular flexibility index (Phi) is 4.62. The lowest BCUT2D eigenvalue weighted by Crippen LogP contribution is -2.17. The van der Waals surface area contributed by atoms with Crippen LogP contribution < -0.4 is 10.1 Å². The first-order valence-electron chi connectivity index (χ1n) is 5.43. The molecule has 8 heteroatoms. The Morgan fingerprint density at radius 2 is 2.16 bits per heavy atom. The fourth-order valence-corrected chi connectivity index (χ4v) is 2.74. The van der Waals surface area contributed by atoms with Gasteiger partial charge in [0.25, 0.3) is 0 Å². The van der Waals surface area contributed by atoms with Crippen LogP contribution in [0.4, 0.5) is 18.9 Å². The molecule has 1 aromatic rings. The molecule has 1 N–H and O–H groups in total. The Morgan fingerprint density at radius 1 is 1.37 bits per heavy atom. The number of aliphatic imine (C=N–C) groups is 1. The lowest BCUT2D eigenvalue weighted by Gasteiger charge is -2.15. The summed E-state index contributed by atoms with van der Waals surface area (Å²) in [5, 5.41) is 3.84. The molecule has 0 amide bonds. The van der Waals surface area contributed by atoms with E-state index in [1.54, 1.807) is 11.8 Å². The first-order valence-corrected chi connectivity index (χ1v) is 7.21. The Labute approximate surface area is 120 Å². The second kappa shape index (κ2) is 6.04. The molecule has 0 spiro atoms. The van der Waals surface area contributed by atoms with Gasteiger partial charge in [0, 0.05) is 18.0 Å². The van der Waals surface area contributed by atoms with Crippen LogP contribution in [0.5, 0.6) is 5.75 Å². The maximum Gasteiger partial charge on any atom is 0.573 e. The molecule has 0 fully saturated rings. The van der Waals surface area contributed by atoms with Gasteiger partial charge in [0.1, 0.15) is 5.75 Å². The Morgan fingerprint density at radius 3 is 2.74 bits per heavy atom. The van der Waals surface area contributed by atoms with E-state index in [0.29, 0.717) is 5.69 Å². The minimum absolute atomic E-state index is 0.233. The van der Waals surface area contributed by atoms with Crippen LogP contribution in [0.25, 0.3) is 0 Å². The van der Waals surface area contributed by atoms with Crippen molar-refractivity contribution in [2.75, 3.05) is 17.6 Å². The van der Waals surface area contributed by atoms with E-state index in [0.717, 1.165) is 23.9 Å². The lowest BCUT2D eigenvalue weighted by atomic mass is 10.3. The number of nitrogens with zero attached hydrogens (tertiary/aromatic N) is 1. The van der Waals surface area contributed by atoms with Gasteiger partial charge in [0.15, 0.2) is 5.17 Å². The van der Waals surface area contributed by atoms with Gasteiger partial charge in [-0.2, -0.15) is 0 Å². The van der Waals surface area contributed by atoms with Gasteiger partial charge in [-0.05, 0) is 40.5 Å². The smallest absolute Gasteiger partial charge is 0.405 e. The maximum atomic E-state index is 12.1. The van der Waals surface area contributed by atoms with E-state index in [1.165, 1.54) is 18.2 Å². The van der Waals surface area contributed by atoms with Crippen molar-refractivity contribution < 1.29 is 17.9 Å². The van der Waals surface area contributed by atoms with Crippen molar-refractivity contribution in [3.8, 4) is 5.75 Å². The van der Waals surface area contributed by atoms with Crippen LogP contribution in [-0.2, 0) is 0 Å². The summed E-state index contributed by atoms with van der Waals surface area (Å²) < 4.78 is 40.4. The van der Waals surface area contributed by atoms with Crippen LogP contribution in [0, 0.1) is 0 Å². The molecule has 0 aliphatic carbocycles. The zero-order valence-corrected chi connectivity index (χ0v) is 12.0. The summed E-state index contributed by atoms with van der Waals surface area (Å²) in [6.45, 7) is 0.770. The number of amidine groups is 1. The van der Waals surface area contributed by atoms with Gasteiger partial charge in [-0.1, -0.05) is 11.8 Å². The molecule has 19 heavy (non-hydrogen) atoms. The van der Waals surface area contributed by atoms with E-state index in [-0.39, 0.29) is 10.2 Å². The Hall–Kier alpha value is -0.890. The predicted octanol–water partition coefficient (Wildman–Crippen LogP) is 4.25. The number of anilines is 1. The number of halogens is 4. The third-order valence-corrected chi connectivity index (χ3v) is 3.82. The zero-order valence-electron chi connectivity index (χ0n) is 9.63. The monoisotopic (exact) mass is 354 g/mol. The number of hydrogen-bond donors (Lipinski definition) is 1. The van der Waals surface area contributed by atoms with Gasteiger partial charge in [0.05, 0.1) is 4.47 Å². The zero-order chi connectivity index (χ0) is 13.9. The van der Waals surface area contributed by atoms with Crippen molar-refractivity contribution in [1.29, 1.82) is 0 Å². The van der Waals surface area contributed by atoms with Crippen molar-refractivity contribution in [2.24, 2.45) is 4.99 Å². The molecule has 1 aromatic carbocycles. The number of rotatable bonds is 2. The van der Waals surface area contributed by atoms with Crippen LogP contribution in [-0.4, -0.2) is 23.8 Å². The third-order valence-electron chi connectivity index (χ3n) is 2.21. The van der Waals surface area contributed by atoms with Crippen LogP contribution in [0.15, 0.2) is 27.7 Å². The van der Waals surface area contributed by atoms with Gasteiger partial charge < -0.3 is 10.1 Å². The summed E-state index contributed by atoms with van der Waals surface area (Å²) in [5.74, 6) is 0.721. The first kappa shape index (κ1) is 14.5. The normalized spacial score (nSPS) is 15.9. The Balaban J connectivity index is 2.08. The number of ether oxygens (including phenoxy) is 1. The van der Waals surface area contributed by atoms with Gasteiger partial charge in [-0.3, -0.25) is 4.99 Å². The fraction of sp³-hybridized carbons (Fsp3) is 0.364. The number of benzene rings is 1. The number of hydrogen-bond acceptors (Lipinski definition) is 4. The molecule has 0 radical (unpaired) electrons. The molecule has 0 saturated carbocycles. The van der Waals surface area contributed by atoms with Gasteiger partial charge in [-0.25, -0.2) is 0 Å². The number of nitrogens with one attached hydrogen (secondary N) is 1. The molecule has 104 valence electrons. The number of thioether (sulfide) groups is 1. The van der Waals surface area contributed by atoms with E-state index < -0.39 is 6.36 Å². The highest BCUT2D eigenvalue weighted by atomic mass is 79.9.